The molecule has 0 radical (unpaired) electrons. The molecule has 1 aromatic heterocycles. The fourth-order valence-electron chi connectivity index (χ4n) is 2.38. The van der Waals surface area contributed by atoms with Gasteiger partial charge in [0.15, 0.2) is 0 Å². The molecule has 0 aliphatic carbocycles. The third-order valence-electron chi connectivity index (χ3n) is 4.33. The average molecular weight is 275 g/mol. The molecule has 0 aromatic carbocycles. The highest BCUT2D eigenvalue weighted by molar-refractivity contribution is 5.97. The van der Waals surface area contributed by atoms with E-state index in [-0.39, 0.29) is 11.3 Å². The minimum atomic E-state index is 0.100. The van der Waals surface area contributed by atoms with Crippen LogP contribution in [0.15, 0.2) is 12.3 Å². The van der Waals surface area contributed by atoms with Crippen molar-refractivity contribution in [3.8, 4) is 0 Å². The maximum absolute atomic E-state index is 12.6. The van der Waals surface area contributed by atoms with Crippen LogP contribution in [0.3, 0.4) is 0 Å². The minimum absolute atomic E-state index is 0.100. The average Bonchev–Trinajstić information content (AvgIpc) is 2.84. The standard InChI is InChI=1S/C16H25N3O/c1-11(16(2,3)4)10-19(5)15(20)13-7-9-18-14-12(13)6-8-17-14/h7,9,11H,6,8,10H2,1-5H3,(H,17,18). The van der Waals surface area contributed by atoms with Crippen molar-refractivity contribution in [2.75, 3.05) is 25.5 Å². The van der Waals surface area contributed by atoms with Crippen molar-refractivity contribution in [1.29, 1.82) is 0 Å². The molecule has 20 heavy (non-hydrogen) atoms. The van der Waals surface area contributed by atoms with Crippen molar-refractivity contribution in [2.24, 2.45) is 11.3 Å². The molecule has 0 saturated heterocycles. The van der Waals surface area contributed by atoms with Crippen molar-refractivity contribution in [1.82, 2.24) is 9.88 Å². The lowest BCUT2D eigenvalue weighted by atomic mass is 9.82. The largest absolute Gasteiger partial charge is 0.369 e. The highest BCUT2D eigenvalue weighted by atomic mass is 16.2. The molecule has 0 spiro atoms. The van der Waals surface area contributed by atoms with Crippen LogP contribution in [-0.2, 0) is 6.42 Å². The molecule has 110 valence electrons. The van der Waals surface area contributed by atoms with Crippen LogP contribution >= 0.6 is 0 Å². The molecule has 2 rings (SSSR count). The van der Waals surface area contributed by atoms with Crippen LogP contribution in [0.4, 0.5) is 5.82 Å². The van der Waals surface area contributed by atoms with Gasteiger partial charge in [-0.3, -0.25) is 4.79 Å². The summed E-state index contributed by atoms with van der Waals surface area (Å²) in [4.78, 5) is 18.8. The van der Waals surface area contributed by atoms with Gasteiger partial charge in [-0.1, -0.05) is 27.7 Å². The molecule has 1 aliphatic heterocycles. The Labute approximate surface area is 121 Å². The van der Waals surface area contributed by atoms with Crippen LogP contribution in [0.25, 0.3) is 0 Å². The fourth-order valence-corrected chi connectivity index (χ4v) is 2.38. The highest BCUT2D eigenvalue weighted by Gasteiger charge is 2.26. The lowest BCUT2D eigenvalue weighted by Crippen LogP contribution is -2.35. The third kappa shape index (κ3) is 2.94. The second-order valence-corrected chi connectivity index (χ2v) is 6.82. The summed E-state index contributed by atoms with van der Waals surface area (Å²) >= 11 is 0. The van der Waals surface area contributed by atoms with Crippen LogP contribution in [0.1, 0.15) is 43.6 Å². The molecule has 1 aromatic rings. The molecule has 4 heteroatoms. The number of carbonyl (C=O) groups is 1. The van der Waals surface area contributed by atoms with Crippen molar-refractivity contribution in [3.05, 3.63) is 23.4 Å². The second kappa shape index (κ2) is 5.43. The number of amides is 1. The third-order valence-corrected chi connectivity index (χ3v) is 4.33. The number of hydrogen-bond acceptors (Lipinski definition) is 3. The van der Waals surface area contributed by atoms with Gasteiger partial charge in [0, 0.05) is 37.5 Å². The molecule has 1 unspecified atom stereocenters. The first kappa shape index (κ1) is 14.8. The van der Waals surface area contributed by atoms with Crippen molar-refractivity contribution < 1.29 is 4.79 Å². The molecule has 0 fully saturated rings. The van der Waals surface area contributed by atoms with Crippen LogP contribution < -0.4 is 5.32 Å². The van der Waals surface area contributed by atoms with Gasteiger partial charge in [0.25, 0.3) is 5.91 Å². The normalized spacial score (nSPS) is 15.4. The Morgan fingerprint density at radius 1 is 1.50 bits per heavy atom. The summed E-state index contributed by atoms with van der Waals surface area (Å²) in [6, 6.07) is 1.84. The Hall–Kier alpha value is -1.58. The molecular weight excluding hydrogens is 250 g/mol. The first-order chi connectivity index (χ1) is 9.30. The topological polar surface area (TPSA) is 45.2 Å². The maximum Gasteiger partial charge on any atom is 0.254 e. The first-order valence-corrected chi connectivity index (χ1v) is 7.28. The molecule has 2 heterocycles. The Bertz CT molecular complexity index is 505. The molecule has 1 aliphatic rings. The molecular formula is C16H25N3O. The van der Waals surface area contributed by atoms with E-state index >= 15 is 0 Å². The molecule has 1 atom stereocenters. The van der Waals surface area contributed by atoms with Crippen molar-refractivity contribution in [3.63, 3.8) is 0 Å². The van der Waals surface area contributed by atoms with E-state index in [1.807, 2.05) is 18.0 Å². The number of carbonyl (C=O) groups excluding carboxylic acids is 1. The zero-order valence-electron chi connectivity index (χ0n) is 13.2. The van der Waals surface area contributed by atoms with E-state index in [9.17, 15) is 4.79 Å². The summed E-state index contributed by atoms with van der Waals surface area (Å²) in [6.07, 6.45) is 2.60. The Morgan fingerprint density at radius 3 is 2.85 bits per heavy atom. The van der Waals surface area contributed by atoms with Gasteiger partial charge in [0.2, 0.25) is 0 Å². The smallest absolute Gasteiger partial charge is 0.254 e. The maximum atomic E-state index is 12.6. The second-order valence-electron chi connectivity index (χ2n) is 6.82. The number of aromatic nitrogens is 1. The summed E-state index contributed by atoms with van der Waals surface area (Å²) in [5, 5.41) is 3.22. The van der Waals surface area contributed by atoms with Crippen molar-refractivity contribution in [2.45, 2.75) is 34.1 Å². The van der Waals surface area contributed by atoms with Gasteiger partial charge in [0.05, 0.1) is 0 Å². The van der Waals surface area contributed by atoms with Crippen LogP contribution in [0, 0.1) is 11.3 Å². The number of pyridine rings is 1. The van der Waals surface area contributed by atoms with Gasteiger partial charge in [0.1, 0.15) is 5.82 Å². The number of fused-ring (bicyclic) bond motifs is 1. The molecule has 0 bridgehead atoms. The Kier molecular flexibility index (Phi) is 4.02. The van der Waals surface area contributed by atoms with Gasteiger partial charge in [-0.15, -0.1) is 0 Å². The number of rotatable bonds is 3. The van der Waals surface area contributed by atoms with E-state index in [0.717, 1.165) is 36.5 Å². The summed E-state index contributed by atoms with van der Waals surface area (Å²) in [5.41, 5.74) is 2.06. The van der Waals surface area contributed by atoms with E-state index < -0.39 is 0 Å². The van der Waals surface area contributed by atoms with Crippen molar-refractivity contribution >= 4 is 11.7 Å². The molecule has 1 N–H and O–H groups in total. The Balaban J connectivity index is 2.14. The molecule has 0 saturated carbocycles. The van der Waals surface area contributed by atoms with E-state index in [1.165, 1.54) is 0 Å². The number of nitrogens with one attached hydrogen (secondary N) is 1. The summed E-state index contributed by atoms with van der Waals surface area (Å²) in [6.45, 7) is 10.5. The van der Waals surface area contributed by atoms with Gasteiger partial charge >= 0.3 is 0 Å². The van der Waals surface area contributed by atoms with E-state index in [4.69, 9.17) is 0 Å². The van der Waals surface area contributed by atoms with E-state index in [1.54, 1.807) is 6.20 Å². The van der Waals surface area contributed by atoms with Gasteiger partial charge in [-0.25, -0.2) is 4.98 Å². The number of hydrogen-bond donors (Lipinski definition) is 1. The summed E-state index contributed by atoms with van der Waals surface area (Å²) in [5.74, 6) is 1.42. The van der Waals surface area contributed by atoms with E-state index in [0.29, 0.717) is 5.92 Å². The number of nitrogens with zero attached hydrogens (tertiary/aromatic N) is 2. The monoisotopic (exact) mass is 275 g/mol. The van der Waals surface area contributed by atoms with Crippen LogP contribution in [0.5, 0.6) is 0 Å². The predicted octanol–water partition coefficient (Wildman–Crippen LogP) is 2.80. The highest BCUT2D eigenvalue weighted by Crippen LogP contribution is 2.27. The molecule has 1 amide bonds. The lowest BCUT2D eigenvalue weighted by Gasteiger charge is -2.31. The van der Waals surface area contributed by atoms with Gasteiger partial charge < -0.3 is 10.2 Å². The molecule has 4 nitrogen and oxygen atoms in total. The van der Waals surface area contributed by atoms with Crippen LogP contribution in [0.2, 0.25) is 0 Å². The minimum Gasteiger partial charge on any atom is -0.369 e. The summed E-state index contributed by atoms with van der Waals surface area (Å²) in [7, 11) is 1.89. The van der Waals surface area contributed by atoms with E-state index in [2.05, 4.69) is 38.0 Å². The summed E-state index contributed by atoms with van der Waals surface area (Å²) < 4.78 is 0. The van der Waals surface area contributed by atoms with Crippen LogP contribution in [-0.4, -0.2) is 35.9 Å². The Morgan fingerprint density at radius 2 is 2.20 bits per heavy atom. The zero-order chi connectivity index (χ0) is 14.9. The fraction of sp³-hybridized carbons (Fsp3) is 0.625. The zero-order valence-corrected chi connectivity index (χ0v) is 13.2. The quantitative estimate of drug-likeness (QED) is 0.922. The SMILES string of the molecule is CC(CN(C)C(=O)c1ccnc2c1CCN2)C(C)(C)C. The first-order valence-electron chi connectivity index (χ1n) is 7.28. The number of anilines is 1. The van der Waals surface area contributed by atoms with Gasteiger partial charge in [-0.2, -0.15) is 0 Å². The van der Waals surface area contributed by atoms with Gasteiger partial charge in [-0.05, 0) is 23.8 Å². The predicted molar refractivity (Wildman–Crippen MR) is 82.0 cm³/mol. The lowest BCUT2D eigenvalue weighted by molar-refractivity contribution is 0.0737.